The van der Waals surface area contributed by atoms with E-state index in [2.05, 4.69) is 10.2 Å². The Bertz CT molecular complexity index is 1060. The van der Waals surface area contributed by atoms with Crippen LogP contribution in [0.2, 0.25) is 5.02 Å². The second-order valence-corrected chi connectivity index (χ2v) is 7.33. The Kier molecular flexibility index (Phi) is 3.63. The quantitative estimate of drug-likeness (QED) is 0.523. The Morgan fingerprint density at radius 2 is 2.00 bits per heavy atom. The van der Waals surface area contributed by atoms with Crippen LogP contribution in [0.4, 0.5) is 0 Å². The van der Waals surface area contributed by atoms with Crippen LogP contribution in [0.25, 0.3) is 16.0 Å². The van der Waals surface area contributed by atoms with Crippen LogP contribution in [0.5, 0.6) is 0 Å². The molecule has 0 atom stereocenters. The van der Waals surface area contributed by atoms with Crippen molar-refractivity contribution in [1.82, 2.24) is 19.2 Å². The van der Waals surface area contributed by atoms with Crippen LogP contribution >= 0.6 is 34.7 Å². The molecule has 1 aromatic carbocycles. The maximum atomic E-state index is 12.3. The molecule has 0 fully saturated rings. The van der Waals surface area contributed by atoms with Crippen molar-refractivity contribution in [2.24, 2.45) is 7.05 Å². The summed E-state index contributed by atoms with van der Waals surface area (Å²) >= 11 is 8.93. The molecule has 3 aromatic heterocycles. The van der Waals surface area contributed by atoms with Crippen molar-refractivity contribution in [3.05, 3.63) is 56.7 Å². The molecule has 0 bridgehead atoms. The lowest BCUT2D eigenvalue weighted by atomic mass is 10.2. The van der Waals surface area contributed by atoms with Crippen molar-refractivity contribution in [2.75, 3.05) is 0 Å². The van der Waals surface area contributed by atoms with Crippen LogP contribution in [0.3, 0.4) is 0 Å². The van der Waals surface area contributed by atoms with Gasteiger partial charge >= 0.3 is 0 Å². The third kappa shape index (κ3) is 2.45. The van der Waals surface area contributed by atoms with Crippen LogP contribution < -0.4 is 5.56 Å². The van der Waals surface area contributed by atoms with Gasteiger partial charge in [0, 0.05) is 17.8 Å². The van der Waals surface area contributed by atoms with Crippen LogP contribution in [0, 0.1) is 0 Å². The molecule has 116 valence electrons. The summed E-state index contributed by atoms with van der Waals surface area (Å²) < 4.78 is 4.19. The number of aryl methyl sites for hydroxylation is 1. The van der Waals surface area contributed by atoms with Gasteiger partial charge in [-0.2, -0.15) is 0 Å². The minimum Gasteiger partial charge on any atom is -0.279 e. The lowest BCUT2D eigenvalue weighted by molar-refractivity contribution is 0.856. The number of hydrogen-bond donors (Lipinski definition) is 0. The van der Waals surface area contributed by atoms with Crippen molar-refractivity contribution in [1.29, 1.82) is 0 Å². The Balaban J connectivity index is 1.79. The number of thiophene rings is 1. The smallest absolute Gasteiger partial charge is 0.272 e. The topological polar surface area (TPSA) is 52.2 Å². The molecule has 0 aliphatic heterocycles. The van der Waals surface area contributed by atoms with Gasteiger partial charge in [-0.1, -0.05) is 35.5 Å². The number of nitrogens with zero attached hydrogens (tertiary/aromatic N) is 4. The lowest BCUT2D eigenvalue weighted by Crippen LogP contribution is -2.18. The minimum atomic E-state index is -0.0378. The lowest BCUT2D eigenvalue weighted by Gasteiger charge is -2.05. The van der Waals surface area contributed by atoms with Crippen LogP contribution in [-0.4, -0.2) is 19.2 Å². The highest BCUT2D eigenvalue weighted by Crippen LogP contribution is 2.26. The third-order valence-corrected chi connectivity index (χ3v) is 5.73. The van der Waals surface area contributed by atoms with Crippen molar-refractivity contribution in [3.8, 4) is 0 Å². The summed E-state index contributed by atoms with van der Waals surface area (Å²) in [5.41, 5.74) is 1.98. The summed E-state index contributed by atoms with van der Waals surface area (Å²) in [6.45, 7) is 0. The molecule has 0 saturated heterocycles. The molecule has 0 N–H and O–H groups in total. The molecular weight excluding hydrogens is 352 g/mol. The highest BCUT2D eigenvalue weighted by molar-refractivity contribution is 7.98. The second kappa shape index (κ2) is 5.67. The van der Waals surface area contributed by atoms with Gasteiger partial charge in [-0.3, -0.25) is 13.8 Å². The summed E-state index contributed by atoms with van der Waals surface area (Å²) in [5, 5.41) is 11.8. The van der Waals surface area contributed by atoms with Crippen LogP contribution in [-0.2, 0) is 12.8 Å². The predicted octanol–water partition coefficient (Wildman–Crippen LogP) is 3.59. The molecule has 0 aliphatic rings. The van der Waals surface area contributed by atoms with Gasteiger partial charge in [0.05, 0.1) is 5.52 Å². The zero-order valence-corrected chi connectivity index (χ0v) is 14.5. The van der Waals surface area contributed by atoms with Gasteiger partial charge in [0.25, 0.3) is 5.56 Å². The van der Waals surface area contributed by atoms with Crippen molar-refractivity contribution in [2.45, 2.75) is 10.9 Å². The Morgan fingerprint density at radius 3 is 2.78 bits per heavy atom. The molecule has 0 spiro atoms. The summed E-state index contributed by atoms with van der Waals surface area (Å²) in [6.07, 6.45) is 0. The first-order valence-corrected chi connectivity index (χ1v) is 9.08. The van der Waals surface area contributed by atoms with Gasteiger partial charge in [-0.15, -0.1) is 21.5 Å². The molecule has 3 heterocycles. The average molecular weight is 363 g/mol. The van der Waals surface area contributed by atoms with Crippen LogP contribution in [0.1, 0.15) is 5.56 Å². The van der Waals surface area contributed by atoms with Crippen LogP contribution in [0.15, 0.2) is 45.7 Å². The number of fused-ring (bicyclic) bond motifs is 3. The van der Waals surface area contributed by atoms with E-state index in [1.807, 2.05) is 40.1 Å². The summed E-state index contributed by atoms with van der Waals surface area (Å²) in [7, 11) is 1.72. The molecule has 0 unspecified atom stereocenters. The number of rotatable bonds is 3. The maximum Gasteiger partial charge on any atom is 0.272 e. The monoisotopic (exact) mass is 362 g/mol. The van der Waals surface area contributed by atoms with Crippen molar-refractivity contribution >= 4 is 50.7 Å². The molecule has 0 amide bonds. The molecule has 0 saturated carbocycles. The van der Waals surface area contributed by atoms with E-state index in [1.54, 1.807) is 18.8 Å². The number of halogens is 1. The number of benzene rings is 1. The van der Waals surface area contributed by atoms with E-state index >= 15 is 0 Å². The molecule has 8 heteroatoms. The molecule has 4 aromatic rings. The van der Waals surface area contributed by atoms with Gasteiger partial charge in [-0.25, -0.2) is 0 Å². The number of thioether (sulfide) groups is 1. The van der Waals surface area contributed by atoms with E-state index in [1.165, 1.54) is 15.9 Å². The molecule has 5 nitrogen and oxygen atoms in total. The van der Waals surface area contributed by atoms with E-state index < -0.39 is 0 Å². The van der Waals surface area contributed by atoms with Gasteiger partial charge in [0.2, 0.25) is 5.78 Å². The fourth-order valence-electron chi connectivity index (χ4n) is 2.39. The van der Waals surface area contributed by atoms with E-state index in [4.69, 9.17) is 11.6 Å². The molecule has 0 aliphatic carbocycles. The first-order chi connectivity index (χ1) is 11.1. The van der Waals surface area contributed by atoms with Gasteiger partial charge in [0.15, 0.2) is 5.16 Å². The highest BCUT2D eigenvalue weighted by Gasteiger charge is 2.15. The van der Waals surface area contributed by atoms with E-state index in [-0.39, 0.29) is 5.56 Å². The van der Waals surface area contributed by atoms with Gasteiger partial charge in [0.1, 0.15) is 4.70 Å². The van der Waals surface area contributed by atoms with Crippen molar-refractivity contribution in [3.63, 3.8) is 0 Å². The second-order valence-electron chi connectivity index (χ2n) is 5.03. The summed E-state index contributed by atoms with van der Waals surface area (Å²) in [5.74, 6) is 1.31. The normalized spacial score (nSPS) is 11.6. The number of aromatic nitrogens is 4. The molecule has 4 rings (SSSR count). The largest absolute Gasteiger partial charge is 0.279 e. The Hall–Kier alpha value is -1.83. The summed E-state index contributed by atoms with van der Waals surface area (Å²) in [4.78, 5) is 12.3. The first kappa shape index (κ1) is 14.7. The molecule has 23 heavy (non-hydrogen) atoms. The SMILES string of the molecule is Cn1c(=O)c2sccc2n2c(SCc3ccc(Cl)cc3)nnc12. The van der Waals surface area contributed by atoms with Crippen molar-refractivity contribution < 1.29 is 0 Å². The maximum absolute atomic E-state index is 12.3. The standard InChI is InChI=1S/C15H11ClN4OS2/c1-19-13(21)12-11(6-7-22-12)20-14(19)17-18-15(20)23-8-9-2-4-10(16)5-3-9/h2-7H,8H2,1H3. The molecule has 0 radical (unpaired) electrons. The fraction of sp³-hybridized carbons (Fsp3) is 0.133. The zero-order valence-electron chi connectivity index (χ0n) is 12.1. The minimum absolute atomic E-state index is 0.0378. The Morgan fingerprint density at radius 1 is 1.22 bits per heavy atom. The number of hydrogen-bond acceptors (Lipinski definition) is 5. The fourth-order valence-corrected chi connectivity index (χ4v) is 4.27. The van der Waals surface area contributed by atoms with Gasteiger partial charge < -0.3 is 0 Å². The summed E-state index contributed by atoms with van der Waals surface area (Å²) in [6, 6.07) is 9.67. The van der Waals surface area contributed by atoms with E-state index in [9.17, 15) is 4.79 Å². The van der Waals surface area contributed by atoms with Gasteiger partial charge in [-0.05, 0) is 29.1 Å². The average Bonchev–Trinajstić information content (AvgIpc) is 3.18. The Labute approximate surface area is 144 Å². The van der Waals surface area contributed by atoms with E-state index in [0.717, 1.165) is 27.0 Å². The zero-order chi connectivity index (χ0) is 16.0. The first-order valence-electron chi connectivity index (χ1n) is 6.84. The third-order valence-electron chi connectivity index (χ3n) is 3.58. The molecular formula is C15H11ClN4OS2. The van der Waals surface area contributed by atoms with E-state index in [0.29, 0.717) is 10.5 Å². The predicted molar refractivity (Wildman–Crippen MR) is 94.6 cm³/mol. The highest BCUT2D eigenvalue weighted by atomic mass is 35.5.